The molecule has 0 spiro atoms. The highest BCUT2D eigenvalue weighted by molar-refractivity contribution is 5.99. The average molecular weight is 549 g/mol. The van der Waals surface area contributed by atoms with Crippen molar-refractivity contribution in [1.29, 1.82) is 0 Å². The van der Waals surface area contributed by atoms with Crippen LogP contribution in [0, 0.1) is 0 Å². The summed E-state index contributed by atoms with van der Waals surface area (Å²) in [4.78, 5) is 65.0. The van der Waals surface area contributed by atoms with Crippen molar-refractivity contribution in [1.82, 2.24) is 20.7 Å². The molecule has 11 nitrogen and oxygen atoms in total. The van der Waals surface area contributed by atoms with Gasteiger partial charge in [-0.15, -0.1) is 0 Å². The van der Waals surface area contributed by atoms with Gasteiger partial charge in [-0.2, -0.15) is 0 Å². The average Bonchev–Trinajstić information content (AvgIpc) is 3.27. The predicted octanol–water partition coefficient (Wildman–Crippen LogP) is 1.33. The van der Waals surface area contributed by atoms with Crippen LogP contribution in [0.4, 0.5) is 0 Å². The molecule has 4 amide bonds. The van der Waals surface area contributed by atoms with Gasteiger partial charge >= 0.3 is 5.97 Å². The molecule has 0 saturated carbocycles. The van der Waals surface area contributed by atoms with Gasteiger partial charge in [-0.3, -0.25) is 29.0 Å². The summed E-state index contributed by atoms with van der Waals surface area (Å²) >= 11 is 0. The van der Waals surface area contributed by atoms with E-state index in [1.165, 1.54) is 10.0 Å². The second kappa shape index (κ2) is 12.3. The Balaban J connectivity index is 1.26. The Morgan fingerprint density at radius 2 is 1.68 bits per heavy atom. The number of hydrazine groups is 1. The van der Waals surface area contributed by atoms with Gasteiger partial charge < -0.3 is 20.1 Å². The molecule has 5 rings (SSSR count). The van der Waals surface area contributed by atoms with Gasteiger partial charge in [-0.1, -0.05) is 48.5 Å². The Morgan fingerprint density at radius 3 is 2.42 bits per heavy atom. The molecule has 2 aromatic rings. The molecule has 4 atom stereocenters. The largest absolute Gasteiger partial charge is 0.433 e. The second-order valence-electron chi connectivity index (χ2n) is 10.1. The van der Waals surface area contributed by atoms with Gasteiger partial charge in [0.2, 0.25) is 18.1 Å². The van der Waals surface area contributed by atoms with Crippen molar-refractivity contribution in [3.63, 3.8) is 0 Å². The minimum absolute atomic E-state index is 0.0542. The van der Waals surface area contributed by atoms with Gasteiger partial charge in [-0.25, -0.2) is 5.01 Å². The number of hydrogen-bond acceptors (Lipinski definition) is 7. The van der Waals surface area contributed by atoms with Crippen LogP contribution in [0.15, 0.2) is 60.7 Å². The van der Waals surface area contributed by atoms with Gasteiger partial charge in [-0.05, 0) is 43.4 Å². The highest BCUT2D eigenvalue weighted by atomic mass is 16.7. The quantitative estimate of drug-likeness (QED) is 0.476. The molecular weight excluding hydrogens is 516 g/mol. The number of carbonyl (C=O) groups excluding carboxylic acids is 5. The molecule has 3 aliphatic heterocycles. The number of fused-ring (bicyclic) bond motifs is 1. The smallest absolute Gasteiger partial charge is 0.310 e. The van der Waals surface area contributed by atoms with E-state index in [1.54, 1.807) is 30.3 Å². The standard InChI is InChI=1S/C29H32N4O7/c34-24-14-13-21(30-26(36)20-10-5-2-6-11-20)28(38)33-23(12-7-16-32(24)33)27(37)31-22-18-25(35)40-29(22)39-17-15-19-8-3-1-4-9-19/h1-6,8-11,21-23,29H,7,12-18H2,(H,30,36)(H,31,37). The van der Waals surface area contributed by atoms with Crippen LogP contribution in [0.3, 0.4) is 0 Å². The molecule has 0 radical (unpaired) electrons. The zero-order chi connectivity index (χ0) is 28.1. The summed E-state index contributed by atoms with van der Waals surface area (Å²) in [6.07, 6.45) is 0.597. The van der Waals surface area contributed by atoms with Crippen LogP contribution in [-0.4, -0.2) is 77.2 Å². The van der Waals surface area contributed by atoms with E-state index in [4.69, 9.17) is 9.47 Å². The molecule has 4 unspecified atom stereocenters. The van der Waals surface area contributed by atoms with Crippen molar-refractivity contribution in [2.75, 3.05) is 13.2 Å². The Labute approximate surface area is 231 Å². The van der Waals surface area contributed by atoms with E-state index in [0.717, 1.165) is 5.56 Å². The minimum atomic E-state index is -0.986. The molecule has 3 fully saturated rings. The van der Waals surface area contributed by atoms with E-state index in [1.807, 2.05) is 30.3 Å². The van der Waals surface area contributed by atoms with E-state index >= 15 is 0 Å². The number of nitrogens with one attached hydrogen (secondary N) is 2. The summed E-state index contributed by atoms with van der Waals surface area (Å²) in [7, 11) is 0. The highest BCUT2D eigenvalue weighted by Crippen LogP contribution is 2.26. The van der Waals surface area contributed by atoms with E-state index in [9.17, 15) is 24.0 Å². The maximum atomic E-state index is 13.7. The van der Waals surface area contributed by atoms with Crippen molar-refractivity contribution in [3.8, 4) is 0 Å². The van der Waals surface area contributed by atoms with E-state index in [2.05, 4.69) is 10.6 Å². The minimum Gasteiger partial charge on any atom is -0.433 e. The van der Waals surface area contributed by atoms with Gasteiger partial charge in [0.1, 0.15) is 18.1 Å². The number of cyclic esters (lactones) is 1. The van der Waals surface area contributed by atoms with Crippen LogP contribution < -0.4 is 10.6 Å². The lowest BCUT2D eigenvalue weighted by molar-refractivity contribution is -0.177. The number of nitrogens with zero attached hydrogens (tertiary/aromatic N) is 2. The Bertz CT molecular complexity index is 1260. The number of benzene rings is 2. The number of rotatable bonds is 8. The van der Waals surface area contributed by atoms with Crippen molar-refractivity contribution in [3.05, 3.63) is 71.8 Å². The van der Waals surface area contributed by atoms with Crippen molar-refractivity contribution in [2.45, 2.75) is 62.9 Å². The lowest BCUT2D eigenvalue weighted by Crippen LogP contribution is -2.64. The monoisotopic (exact) mass is 548 g/mol. The van der Waals surface area contributed by atoms with E-state index in [0.29, 0.717) is 31.4 Å². The first-order chi connectivity index (χ1) is 19.4. The molecule has 3 saturated heterocycles. The molecule has 40 heavy (non-hydrogen) atoms. The third kappa shape index (κ3) is 6.15. The van der Waals surface area contributed by atoms with Crippen LogP contribution in [0.1, 0.15) is 48.0 Å². The van der Waals surface area contributed by atoms with Crippen molar-refractivity contribution in [2.24, 2.45) is 0 Å². The van der Waals surface area contributed by atoms with Crippen LogP contribution in [0.2, 0.25) is 0 Å². The van der Waals surface area contributed by atoms with Crippen LogP contribution in [0.25, 0.3) is 0 Å². The van der Waals surface area contributed by atoms with Gasteiger partial charge in [0.15, 0.2) is 0 Å². The molecular formula is C29H32N4O7. The first kappa shape index (κ1) is 27.3. The molecule has 0 aliphatic carbocycles. The summed E-state index contributed by atoms with van der Waals surface area (Å²) in [5.41, 5.74) is 1.45. The first-order valence-corrected chi connectivity index (χ1v) is 13.6. The number of amides is 4. The van der Waals surface area contributed by atoms with E-state index < -0.39 is 48.1 Å². The van der Waals surface area contributed by atoms with Crippen molar-refractivity contribution < 1.29 is 33.4 Å². The zero-order valence-corrected chi connectivity index (χ0v) is 22.0. The lowest BCUT2D eigenvalue weighted by atomic mass is 10.0. The van der Waals surface area contributed by atoms with Crippen LogP contribution in [-0.2, 0) is 35.1 Å². The SMILES string of the molecule is O=C1CC(NC(=O)C2CCCN3C(=O)CCC(NC(=O)c4ccccc4)C(=O)N23)C(OCCc2ccccc2)O1. The normalized spacial score (nSPS) is 24.6. The Kier molecular flexibility index (Phi) is 8.40. The first-order valence-electron chi connectivity index (χ1n) is 13.6. The van der Waals surface area contributed by atoms with Gasteiger partial charge in [0.05, 0.1) is 13.0 Å². The fourth-order valence-electron chi connectivity index (χ4n) is 5.26. The molecule has 210 valence electrons. The van der Waals surface area contributed by atoms with Crippen molar-refractivity contribution >= 4 is 29.6 Å². The highest BCUT2D eigenvalue weighted by Gasteiger charge is 2.46. The molecule has 3 aliphatic rings. The number of ether oxygens (including phenoxy) is 2. The molecule has 3 heterocycles. The molecule has 11 heteroatoms. The molecule has 2 aromatic carbocycles. The van der Waals surface area contributed by atoms with Crippen LogP contribution >= 0.6 is 0 Å². The summed E-state index contributed by atoms with van der Waals surface area (Å²) in [5.74, 6) is -2.26. The molecule has 0 aromatic heterocycles. The second-order valence-corrected chi connectivity index (χ2v) is 10.1. The zero-order valence-electron chi connectivity index (χ0n) is 22.0. The van der Waals surface area contributed by atoms with Gasteiger partial charge in [0, 0.05) is 18.5 Å². The maximum absolute atomic E-state index is 13.7. The third-order valence-electron chi connectivity index (χ3n) is 7.31. The Morgan fingerprint density at radius 1 is 0.950 bits per heavy atom. The summed E-state index contributed by atoms with van der Waals surface area (Å²) in [6.45, 7) is 0.581. The summed E-state index contributed by atoms with van der Waals surface area (Å²) in [5, 5.41) is 8.06. The lowest BCUT2D eigenvalue weighted by Gasteiger charge is -2.43. The fourth-order valence-corrected chi connectivity index (χ4v) is 5.26. The van der Waals surface area contributed by atoms with E-state index in [-0.39, 0.29) is 31.8 Å². The number of hydrogen-bond donors (Lipinski definition) is 2. The molecule has 0 bridgehead atoms. The summed E-state index contributed by atoms with van der Waals surface area (Å²) < 4.78 is 11.1. The third-order valence-corrected chi connectivity index (χ3v) is 7.31. The molecule has 2 N–H and O–H groups in total. The maximum Gasteiger partial charge on any atom is 0.310 e. The summed E-state index contributed by atoms with van der Waals surface area (Å²) in [6, 6.07) is 15.5. The Hall–Kier alpha value is -4.25. The van der Waals surface area contributed by atoms with Gasteiger partial charge in [0.25, 0.3) is 11.8 Å². The van der Waals surface area contributed by atoms with Crippen LogP contribution in [0.5, 0.6) is 0 Å². The predicted molar refractivity (Wildman–Crippen MR) is 141 cm³/mol. The number of carbonyl (C=O) groups is 5. The number of esters is 1. The fraction of sp³-hybridized carbons (Fsp3) is 0.414. The topological polar surface area (TPSA) is 134 Å².